The SMILES string of the molecule is c1n[nH]cc1CNC1C2CCCC21. The average molecular weight is 177 g/mol. The van der Waals surface area contributed by atoms with E-state index in [9.17, 15) is 0 Å². The monoisotopic (exact) mass is 177 g/mol. The van der Waals surface area contributed by atoms with E-state index in [1.165, 1.54) is 24.8 Å². The molecule has 2 unspecified atom stereocenters. The van der Waals surface area contributed by atoms with E-state index >= 15 is 0 Å². The lowest BCUT2D eigenvalue weighted by Crippen LogP contribution is -2.19. The van der Waals surface area contributed by atoms with Crippen molar-refractivity contribution in [3.8, 4) is 0 Å². The fourth-order valence-electron chi connectivity index (χ4n) is 2.73. The molecule has 0 radical (unpaired) electrons. The van der Waals surface area contributed by atoms with Gasteiger partial charge in [-0.1, -0.05) is 6.42 Å². The summed E-state index contributed by atoms with van der Waals surface area (Å²) in [6, 6.07) is 0.823. The number of H-pyrrole nitrogens is 1. The molecule has 2 atom stereocenters. The third-order valence-corrected chi connectivity index (χ3v) is 3.50. The van der Waals surface area contributed by atoms with E-state index < -0.39 is 0 Å². The van der Waals surface area contributed by atoms with Gasteiger partial charge in [0.2, 0.25) is 0 Å². The molecular weight excluding hydrogens is 162 g/mol. The van der Waals surface area contributed by atoms with Crippen molar-refractivity contribution in [1.29, 1.82) is 0 Å². The first-order valence-electron chi connectivity index (χ1n) is 5.16. The fourth-order valence-corrected chi connectivity index (χ4v) is 2.73. The largest absolute Gasteiger partial charge is 0.309 e. The second-order valence-electron chi connectivity index (χ2n) is 4.27. The van der Waals surface area contributed by atoms with Crippen LogP contribution in [-0.4, -0.2) is 16.2 Å². The lowest BCUT2D eigenvalue weighted by molar-refractivity contribution is 0.560. The fraction of sp³-hybridized carbons (Fsp3) is 0.700. The van der Waals surface area contributed by atoms with Crippen molar-refractivity contribution in [3.05, 3.63) is 18.0 Å². The summed E-state index contributed by atoms with van der Waals surface area (Å²) in [5.74, 6) is 2.01. The second kappa shape index (κ2) is 2.84. The van der Waals surface area contributed by atoms with Crippen LogP contribution in [0.3, 0.4) is 0 Å². The van der Waals surface area contributed by atoms with Gasteiger partial charge < -0.3 is 5.32 Å². The van der Waals surface area contributed by atoms with Crippen molar-refractivity contribution in [2.45, 2.75) is 31.8 Å². The molecule has 1 aromatic heterocycles. The molecule has 1 heterocycles. The molecule has 0 saturated heterocycles. The molecule has 70 valence electrons. The molecule has 2 fully saturated rings. The third kappa shape index (κ3) is 1.27. The van der Waals surface area contributed by atoms with Gasteiger partial charge in [0.25, 0.3) is 0 Å². The average Bonchev–Trinajstić information content (AvgIpc) is 2.68. The van der Waals surface area contributed by atoms with Gasteiger partial charge in [0, 0.05) is 24.3 Å². The summed E-state index contributed by atoms with van der Waals surface area (Å²) in [6.07, 6.45) is 8.22. The predicted molar refractivity (Wildman–Crippen MR) is 50.0 cm³/mol. The van der Waals surface area contributed by atoms with Crippen molar-refractivity contribution >= 4 is 0 Å². The molecule has 2 aliphatic rings. The van der Waals surface area contributed by atoms with Gasteiger partial charge in [-0.15, -0.1) is 0 Å². The third-order valence-electron chi connectivity index (χ3n) is 3.50. The van der Waals surface area contributed by atoms with E-state index in [4.69, 9.17) is 0 Å². The number of aromatic amines is 1. The van der Waals surface area contributed by atoms with Gasteiger partial charge in [-0.3, -0.25) is 5.10 Å². The van der Waals surface area contributed by atoms with Crippen LogP contribution in [0.5, 0.6) is 0 Å². The number of aromatic nitrogens is 2. The zero-order valence-corrected chi connectivity index (χ0v) is 7.66. The maximum absolute atomic E-state index is 3.93. The molecule has 3 nitrogen and oxygen atoms in total. The predicted octanol–water partition coefficient (Wildman–Crippen LogP) is 1.30. The van der Waals surface area contributed by atoms with Gasteiger partial charge in [-0.25, -0.2) is 0 Å². The van der Waals surface area contributed by atoms with E-state index in [0.717, 1.165) is 24.4 Å². The summed E-state index contributed by atoms with van der Waals surface area (Å²) in [7, 11) is 0. The molecule has 2 aliphatic carbocycles. The molecule has 0 bridgehead atoms. The first-order chi connectivity index (χ1) is 6.45. The van der Waals surface area contributed by atoms with E-state index in [0.29, 0.717) is 0 Å². The summed E-state index contributed by atoms with van der Waals surface area (Å²) in [5, 5.41) is 10.4. The molecule has 1 aromatic rings. The Labute approximate surface area is 77.9 Å². The number of hydrogen-bond acceptors (Lipinski definition) is 2. The van der Waals surface area contributed by atoms with Crippen LogP contribution < -0.4 is 5.32 Å². The van der Waals surface area contributed by atoms with E-state index in [2.05, 4.69) is 15.5 Å². The molecule has 2 N–H and O–H groups in total. The Bertz CT molecular complexity index is 270. The van der Waals surface area contributed by atoms with E-state index in [1.54, 1.807) is 0 Å². The summed E-state index contributed by atoms with van der Waals surface area (Å²) < 4.78 is 0. The number of fused-ring (bicyclic) bond motifs is 1. The van der Waals surface area contributed by atoms with Crippen LogP contribution in [0.2, 0.25) is 0 Å². The molecule has 3 rings (SSSR count). The van der Waals surface area contributed by atoms with Gasteiger partial charge in [-0.05, 0) is 24.7 Å². The highest BCUT2D eigenvalue weighted by Gasteiger charge is 2.51. The van der Waals surface area contributed by atoms with Gasteiger partial charge >= 0.3 is 0 Å². The van der Waals surface area contributed by atoms with Crippen LogP contribution in [0.4, 0.5) is 0 Å². The zero-order valence-electron chi connectivity index (χ0n) is 7.66. The van der Waals surface area contributed by atoms with Gasteiger partial charge in [0.15, 0.2) is 0 Å². The minimum Gasteiger partial charge on any atom is -0.309 e. The highest BCUT2D eigenvalue weighted by molar-refractivity contribution is 5.09. The van der Waals surface area contributed by atoms with Crippen LogP contribution >= 0.6 is 0 Å². The highest BCUT2D eigenvalue weighted by atomic mass is 15.1. The minimum absolute atomic E-state index is 0.823. The Kier molecular flexibility index (Phi) is 1.65. The van der Waals surface area contributed by atoms with Crippen LogP contribution in [0.25, 0.3) is 0 Å². The summed E-state index contributed by atoms with van der Waals surface area (Å²) in [4.78, 5) is 0. The van der Waals surface area contributed by atoms with E-state index in [1.807, 2.05) is 12.4 Å². The van der Waals surface area contributed by atoms with Gasteiger partial charge in [0.05, 0.1) is 6.20 Å². The number of rotatable bonds is 3. The molecular formula is C10H15N3. The molecule has 2 saturated carbocycles. The Morgan fingerprint density at radius 2 is 2.31 bits per heavy atom. The van der Waals surface area contributed by atoms with Crippen LogP contribution in [0.15, 0.2) is 12.4 Å². The molecule has 0 amide bonds. The number of nitrogens with one attached hydrogen (secondary N) is 2. The minimum atomic E-state index is 0.823. The first kappa shape index (κ1) is 7.56. The van der Waals surface area contributed by atoms with Gasteiger partial charge in [-0.2, -0.15) is 5.10 Å². The standard InChI is InChI=1S/C10H15N3/c1-2-8-9(3-1)10(8)11-4-7-5-12-13-6-7/h5-6,8-11H,1-4H2,(H,12,13). The van der Waals surface area contributed by atoms with Crippen molar-refractivity contribution in [3.63, 3.8) is 0 Å². The van der Waals surface area contributed by atoms with Crippen LogP contribution in [0, 0.1) is 11.8 Å². The smallest absolute Gasteiger partial charge is 0.0532 e. The lowest BCUT2D eigenvalue weighted by atomic mass is 10.2. The molecule has 0 aliphatic heterocycles. The molecule has 0 spiro atoms. The Morgan fingerprint density at radius 1 is 1.46 bits per heavy atom. The summed E-state index contributed by atoms with van der Waals surface area (Å²) in [6.45, 7) is 0.980. The quantitative estimate of drug-likeness (QED) is 0.730. The van der Waals surface area contributed by atoms with Crippen molar-refractivity contribution in [2.24, 2.45) is 11.8 Å². The number of nitrogens with zero attached hydrogens (tertiary/aromatic N) is 1. The summed E-state index contributed by atoms with van der Waals surface area (Å²) in [5.41, 5.74) is 1.27. The Morgan fingerprint density at radius 3 is 3.00 bits per heavy atom. The van der Waals surface area contributed by atoms with Crippen molar-refractivity contribution in [2.75, 3.05) is 0 Å². The molecule has 13 heavy (non-hydrogen) atoms. The normalized spacial score (nSPS) is 36.2. The Balaban J connectivity index is 1.50. The zero-order chi connectivity index (χ0) is 8.67. The van der Waals surface area contributed by atoms with Gasteiger partial charge in [0.1, 0.15) is 0 Å². The second-order valence-corrected chi connectivity index (χ2v) is 4.27. The molecule has 3 heteroatoms. The van der Waals surface area contributed by atoms with Crippen LogP contribution in [-0.2, 0) is 6.54 Å². The summed E-state index contributed by atoms with van der Waals surface area (Å²) >= 11 is 0. The number of hydrogen-bond donors (Lipinski definition) is 2. The van der Waals surface area contributed by atoms with E-state index in [-0.39, 0.29) is 0 Å². The molecule has 0 aromatic carbocycles. The maximum atomic E-state index is 3.93. The van der Waals surface area contributed by atoms with Crippen molar-refractivity contribution in [1.82, 2.24) is 15.5 Å². The maximum Gasteiger partial charge on any atom is 0.0532 e. The first-order valence-corrected chi connectivity index (χ1v) is 5.16. The van der Waals surface area contributed by atoms with Crippen LogP contribution in [0.1, 0.15) is 24.8 Å². The Hall–Kier alpha value is -0.830. The van der Waals surface area contributed by atoms with Crippen molar-refractivity contribution < 1.29 is 0 Å². The highest BCUT2D eigenvalue weighted by Crippen LogP contribution is 2.51. The lowest BCUT2D eigenvalue weighted by Gasteiger charge is -2.04. The topological polar surface area (TPSA) is 40.7 Å².